The van der Waals surface area contributed by atoms with E-state index in [4.69, 9.17) is 4.74 Å². The maximum atomic E-state index is 11.7. The van der Waals surface area contributed by atoms with Crippen molar-refractivity contribution >= 4 is 17.5 Å². The van der Waals surface area contributed by atoms with E-state index in [1.807, 2.05) is 18.2 Å². The molecular weight excluding hydrogens is 280 g/mol. The van der Waals surface area contributed by atoms with Gasteiger partial charge in [0.25, 0.3) is 5.91 Å². The first-order chi connectivity index (χ1) is 10.6. The first kappa shape index (κ1) is 16.3. The predicted octanol–water partition coefficient (Wildman–Crippen LogP) is 2.35. The van der Waals surface area contributed by atoms with E-state index in [9.17, 15) is 9.59 Å². The van der Waals surface area contributed by atoms with E-state index in [0.717, 1.165) is 25.1 Å². The Bertz CT molecular complexity index is 528. The van der Waals surface area contributed by atoms with Crippen LogP contribution in [0, 0.1) is 5.92 Å². The van der Waals surface area contributed by atoms with Crippen LogP contribution in [-0.4, -0.2) is 31.5 Å². The van der Waals surface area contributed by atoms with Crippen LogP contribution in [0.1, 0.15) is 33.1 Å². The highest BCUT2D eigenvalue weighted by Gasteiger charge is 2.21. The normalized spacial score (nSPS) is 14.5. The van der Waals surface area contributed by atoms with Crippen LogP contribution in [0.4, 0.5) is 5.69 Å². The van der Waals surface area contributed by atoms with Gasteiger partial charge < -0.3 is 15.0 Å². The van der Waals surface area contributed by atoms with Crippen LogP contribution >= 0.6 is 0 Å². The number of benzene rings is 1. The molecule has 1 aromatic carbocycles. The molecule has 5 nitrogen and oxygen atoms in total. The van der Waals surface area contributed by atoms with Crippen molar-refractivity contribution in [3.05, 3.63) is 24.3 Å². The molecule has 1 aliphatic heterocycles. The lowest BCUT2D eigenvalue weighted by Gasteiger charge is -2.16. The minimum Gasteiger partial charge on any atom is -0.484 e. The first-order valence-corrected chi connectivity index (χ1v) is 7.86. The summed E-state index contributed by atoms with van der Waals surface area (Å²) in [6, 6.07) is 7.34. The van der Waals surface area contributed by atoms with Crippen LogP contribution in [0.25, 0.3) is 0 Å². The van der Waals surface area contributed by atoms with E-state index in [-0.39, 0.29) is 18.4 Å². The molecule has 1 fully saturated rings. The molecule has 1 saturated heterocycles. The summed E-state index contributed by atoms with van der Waals surface area (Å²) in [5.74, 6) is 1.19. The van der Waals surface area contributed by atoms with Gasteiger partial charge in [-0.25, -0.2) is 0 Å². The number of ether oxygens (including phenoxy) is 1. The summed E-state index contributed by atoms with van der Waals surface area (Å²) in [5, 5.41) is 2.83. The van der Waals surface area contributed by atoms with Crippen molar-refractivity contribution in [3.63, 3.8) is 0 Å². The van der Waals surface area contributed by atoms with E-state index in [0.29, 0.717) is 24.6 Å². The molecule has 22 heavy (non-hydrogen) atoms. The number of nitrogens with zero attached hydrogens (tertiary/aromatic N) is 1. The zero-order valence-corrected chi connectivity index (χ0v) is 13.3. The zero-order valence-electron chi connectivity index (χ0n) is 13.3. The molecule has 0 radical (unpaired) electrons. The van der Waals surface area contributed by atoms with E-state index < -0.39 is 0 Å². The second-order valence-corrected chi connectivity index (χ2v) is 5.97. The fourth-order valence-electron chi connectivity index (χ4n) is 2.36. The van der Waals surface area contributed by atoms with Gasteiger partial charge in [0, 0.05) is 31.3 Å². The van der Waals surface area contributed by atoms with Gasteiger partial charge in [-0.15, -0.1) is 0 Å². The van der Waals surface area contributed by atoms with Crippen molar-refractivity contribution in [3.8, 4) is 5.75 Å². The van der Waals surface area contributed by atoms with Crippen LogP contribution in [0.15, 0.2) is 24.3 Å². The lowest BCUT2D eigenvalue weighted by molar-refractivity contribution is -0.123. The summed E-state index contributed by atoms with van der Waals surface area (Å²) < 4.78 is 5.51. The summed E-state index contributed by atoms with van der Waals surface area (Å²) in [6.07, 6.45) is 2.45. The number of carbonyl (C=O) groups is 2. The molecular formula is C17H24N2O3. The Kier molecular flexibility index (Phi) is 5.81. The largest absolute Gasteiger partial charge is 0.484 e. The molecule has 1 heterocycles. The molecule has 2 amide bonds. The molecule has 1 aromatic rings. The van der Waals surface area contributed by atoms with Crippen molar-refractivity contribution in [2.75, 3.05) is 24.6 Å². The van der Waals surface area contributed by atoms with E-state index in [2.05, 4.69) is 19.2 Å². The zero-order chi connectivity index (χ0) is 15.9. The topological polar surface area (TPSA) is 58.6 Å². The maximum absolute atomic E-state index is 11.7. The molecule has 0 saturated carbocycles. The Morgan fingerprint density at radius 3 is 2.91 bits per heavy atom. The van der Waals surface area contributed by atoms with Crippen LogP contribution < -0.4 is 15.0 Å². The molecule has 0 bridgehead atoms. The third kappa shape index (κ3) is 4.76. The van der Waals surface area contributed by atoms with Gasteiger partial charge >= 0.3 is 0 Å². The number of amides is 2. The number of anilines is 1. The van der Waals surface area contributed by atoms with Gasteiger partial charge in [0.15, 0.2) is 6.61 Å². The van der Waals surface area contributed by atoms with Crippen LogP contribution in [0.3, 0.4) is 0 Å². The van der Waals surface area contributed by atoms with E-state index in [1.165, 1.54) is 0 Å². The Labute approximate surface area is 131 Å². The molecule has 5 heteroatoms. The molecule has 120 valence electrons. The van der Waals surface area contributed by atoms with Crippen molar-refractivity contribution in [1.29, 1.82) is 0 Å². The average Bonchev–Trinajstić information content (AvgIpc) is 2.91. The highest BCUT2D eigenvalue weighted by Crippen LogP contribution is 2.25. The summed E-state index contributed by atoms with van der Waals surface area (Å²) in [7, 11) is 0. The van der Waals surface area contributed by atoms with Crippen molar-refractivity contribution in [2.45, 2.75) is 33.1 Å². The number of nitrogens with one attached hydrogen (secondary N) is 1. The molecule has 0 aromatic heterocycles. The average molecular weight is 304 g/mol. The molecule has 2 rings (SSSR count). The first-order valence-electron chi connectivity index (χ1n) is 7.86. The monoisotopic (exact) mass is 304 g/mol. The minimum absolute atomic E-state index is 0.00447. The Hall–Kier alpha value is -2.04. The van der Waals surface area contributed by atoms with Gasteiger partial charge in [-0.1, -0.05) is 19.9 Å². The molecule has 0 aliphatic carbocycles. The van der Waals surface area contributed by atoms with Gasteiger partial charge in [0.05, 0.1) is 0 Å². The molecule has 1 N–H and O–H groups in total. The Morgan fingerprint density at radius 1 is 1.41 bits per heavy atom. The smallest absolute Gasteiger partial charge is 0.257 e. The fourth-order valence-corrected chi connectivity index (χ4v) is 2.36. The third-order valence-electron chi connectivity index (χ3n) is 3.62. The minimum atomic E-state index is -0.122. The Morgan fingerprint density at radius 2 is 2.23 bits per heavy atom. The maximum Gasteiger partial charge on any atom is 0.257 e. The highest BCUT2D eigenvalue weighted by atomic mass is 16.5. The van der Waals surface area contributed by atoms with Crippen LogP contribution in [0.5, 0.6) is 5.75 Å². The predicted molar refractivity (Wildman–Crippen MR) is 86.0 cm³/mol. The lowest BCUT2D eigenvalue weighted by atomic mass is 10.1. The van der Waals surface area contributed by atoms with E-state index in [1.54, 1.807) is 11.0 Å². The Balaban J connectivity index is 1.83. The van der Waals surface area contributed by atoms with Gasteiger partial charge in [-0.05, 0) is 30.9 Å². The lowest BCUT2D eigenvalue weighted by Crippen LogP contribution is -2.30. The quantitative estimate of drug-likeness (QED) is 0.841. The number of rotatable bonds is 7. The van der Waals surface area contributed by atoms with Crippen molar-refractivity contribution in [2.24, 2.45) is 5.92 Å². The van der Waals surface area contributed by atoms with Crippen LogP contribution in [-0.2, 0) is 9.59 Å². The second-order valence-electron chi connectivity index (χ2n) is 5.97. The number of hydrogen-bond acceptors (Lipinski definition) is 3. The molecule has 0 atom stereocenters. The van der Waals surface area contributed by atoms with Crippen LogP contribution in [0.2, 0.25) is 0 Å². The van der Waals surface area contributed by atoms with Crippen molar-refractivity contribution in [1.82, 2.24) is 5.32 Å². The van der Waals surface area contributed by atoms with Gasteiger partial charge in [0.2, 0.25) is 5.91 Å². The summed E-state index contributed by atoms with van der Waals surface area (Å²) >= 11 is 0. The van der Waals surface area contributed by atoms with Gasteiger partial charge in [0.1, 0.15) is 5.75 Å². The number of carbonyl (C=O) groups excluding carboxylic acids is 2. The SMILES string of the molecule is CC(C)CCNC(=O)COc1cccc(N2CCCC2=O)c1. The van der Waals surface area contributed by atoms with Gasteiger partial charge in [-0.2, -0.15) is 0 Å². The third-order valence-corrected chi connectivity index (χ3v) is 3.62. The number of hydrogen-bond donors (Lipinski definition) is 1. The summed E-state index contributed by atoms with van der Waals surface area (Å²) in [5.41, 5.74) is 0.834. The molecule has 0 spiro atoms. The summed E-state index contributed by atoms with van der Waals surface area (Å²) in [6.45, 7) is 5.65. The van der Waals surface area contributed by atoms with Gasteiger partial charge in [-0.3, -0.25) is 9.59 Å². The fraction of sp³-hybridized carbons (Fsp3) is 0.529. The van der Waals surface area contributed by atoms with E-state index >= 15 is 0 Å². The van der Waals surface area contributed by atoms with Crippen molar-refractivity contribution < 1.29 is 14.3 Å². The second kappa shape index (κ2) is 7.82. The standard InChI is InChI=1S/C17H24N2O3/c1-13(2)8-9-18-16(20)12-22-15-6-3-5-14(11-15)19-10-4-7-17(19)21/h3,5-6,11,13H,4,7-10,12H2,1-2H3,(H,18,20). The highest BCUT2D eigenvalue weighted by molar-refractivity contribution is 5.95. The molecule has 1 aliphatic rings. The molecule has 0 unspecified atom stereocenters. The summed E-state index contributed by atoms with van der Waals surface area (Å²) in [4.78, 5) is 25.2.